The molecule has 1 heterocycles. The lowest BCUT2D eigenvalue weighted by molar-refractivity contribution is 0.306. The molecule has 0 bridgehead atoms. The van der Waals surface area contributed by atoms with E-state index < -0.39 is 0 Å². The average molecular weight is 156 g/mol. The van der Waals surface area contributed by atoms with Crippen LogP contribution in [0.1, 0.15) is 0 Å². The highest BCUT2D eigenvalue weighted by molar-refractivity contribution is 4.89. The fourth-order valence-corrected chi connectivity index (χ4v) is 0.377. The Hall–Kier alpha value is -1.13. The summed E-state index contributed by atoms with van der Waals surface area (Å²) in [4.78, 5) is 12.7. The molecule has 0 radical (unpaired) electrons. The molecule has 11 heavy (non-hydrogen) atoms. The van der Waals surface area contributed by atoms with Gasteiger partial charge in [0.25, 0.3) is 0 Å². The van der Waals surface area contributed by atoms with E-state index in [-0.39, 0.29) is 12.2 Å². The van der Waals surface area contributed by atoms with E-state index in [1.54, 1.807) is 18.3 Å². The first-order valence-electron chi connectivity index (χ1n) is 3.26. The first-order chi connectivity index (χ1) is 5.31. The molecule has 0 aliphatic rings. The standard InChI is InChI=1S/C5H5NO.C2H7NO/c7-5-3-1-2-4-6-5;3-1-2-4/h1-4H,(H,6,7);4H,1-3H2. The van der Waals surface area contributed by atoms with Crippen LogP contribution < -0.4 is 11.3 Å². The van der Waals surface area contributed by atoms with Crippen molar-refractivity contribution in [1.82, 2.24) is 4.98 Å². The Bertz CT molecular complexity index is 202. The summed E-state index contributed by atoms with van der Waals surface area (Å²) in [6.45, 7) is 0.472. The van der Waals surface area contributed by atoms with Gasteiger partial charge < -0.3 is 15.8 Å². The second kappa shape index (κ2) is 6.98. The minimum absolute atomic E-state index is 0.0532. The van der Waals surface area contributed by atoms with Gasteiger partial charge in [0.2, 0.25) is 5.56 Å². The van der Waals surface area contributed by atoms with Gasteiger partial charge in [0, 0.05) is 18.8 Å². The lowest BCUT2D eigenvalue weighted by atomic mass is 10.5. The third-order valence-corrected chi connectivity index (χ3v) is 0.810. The molecule has 0 unspecified atom stereocenters. The van der Waals surface area contributed by atoms with Gasteiger partial charge in [0.05, 0.1) is 6.61 Å². The van der Waals surface area contributed by atoms with Crippen LogP contribution in [0, 0.1) is 0 Å². The first kappa shape index (κ1) is 9.87. The summed E-state index contributed by atoms with van der Waals surface area (Å²) in [5.74, 6) is 0. The predicted molar refractivity (Wildman–Crippen MR) is 43.2 cm³/mol. The summed E-state index contributed by atoms with van der Waals surface area (Å²) >= 11 is 0. The SMILES string of the molecule is NCCO.O=c1cccc[nH]1. The van der Waals surface area contributed by atoms with Crippen LogP contribution in [0.15, 0.2) is 29.2 Å². The van der Waals surface area contributed by atoms with Crippen molar-refractivity contribution in [3.05, 3.63) is 34.7 Å². The van der Waals surface area contributed by atoms with Crippen LogP contribution in [0.4, 0.5) is 0 Å². The van der Waals surface area contributed by atoms with Gasteiger partial charge in [-0.1, -0.05) is 6.07 Å². The number of hydrogen-bond donors (Lipinski definition) is 3. The molecular weight excluding hydrogens is 144 g/mol. The van der Waals surface area contributed by atoms with E-state index in [0.717, 1.165) is 0 Å². The number of aliphatic hydroxyl groups excluding tert-OH is 1. The van der Waals surface area contributed by atoms with Gasteiger partial charge in [-0.2, -0.15) is 0 Å². The Morgan fingerprint density at radius 1 is 1.55 bits per heavy atom. The van der Waals surface area contributed by atoms with E-state index in [1.807, 2.05) is 0 Å². The van der Waals surface area contributed by atoms with Crippen molar-refractivity contribution in [2.24, 2.45) is 5.73 Å². The van der Waals surface area contributed by atoms with Crippen molar-refractivity contribution < 1.29 is 5.11 Å². The predicted octanol–water partition coefficient (Wildman–Crippen LogP) is -0.688. The van der Waals surface area contributed by atoms with Gasteiger partial charge in [0.1, 0.15) is 0 Å². The molecule has 4 nitrogen and oxygen atoms in total. The van der Waals surface area contributed by atoms with Crippen LogP contribution in [0.2, 0.25) is 0 Å². The molecule has 0 atom stereocenters. The maximum Gasteiger partial charge on any atom is 0.247 e. The van der Waals surface area contributed by atoms with Crippen LogP contribution in [-0.4, -0.2) is 23.2 Å². The van der Waals surface area contributed by atoms with Crippen LogP contribution in [0.3, 0.4) is 0 Å². The average Bonchev–Trinajstić information content (AvgIpc) is 2.07. The zero-order valence-electron chi connectivity index (χ0n) is 6.16. The Balaban J connectivity index is 0.000000218. The summed E-state index contributed by atoms with van der Waals surface area (Å²) in [5.41, 5.74) is 4.72. The third kappa shape index (κ3) is 6.76. The van der Waals surface area contributed by atoms with E-state index in [4.69, 9.17) is 10.8 Å². The second-order valence-electron chi connectivity index (χ2n) is 1.74. The van der Waals surface area contributed by atoms with Crippen molar-refractivity contribution in [1.29, 1.82) is 0 Å². The molecule has 62 valence electrons. The third-order valence-electron chi connectivity index (χ3n) is 0.810. The maximum absolute atomic E-state index is 10.2. The van der Waals surface area contributed by atoms with Gasteiger partial charge in [0.15, 0.2) is 0 Å². The summed E-state index contributed by atoms with van der Waals surface area (Å²) in [7, 11) is 0. The van der Waals surface area contributed by atoms with Gasteiger partial charge in [-0.05, 0) is 6.07 Å². The lowest BCUT2D eigenvalue weighted by Crippen LogP contribution is -2.02. The topological polar surface area (TPSA) is 79.1 Å². The Labute approximate surface area is 64.7 Å². The number of aromatic amines is 1. The van der Waals surface area contributed by atoms with Crippen molar-refractivity contribution in [3.8, 4) is 0 Å². The molecule has 0 spiro atoms. The lowest BCUT2D eigenvalue weighted by Gasteiger charge is -1.73. The van der Waals surface area contributed by atoms with Crippen LogP contribution in [-0.2, 0) is 0 Å². The highest BCUT2D eigenvalue weighted by atomic mass is 16.3. The molecule has 1 rings (SSSR count). The van der Waals surface area contributed by atoms with Crippen LogP contribution in [0.25, 0.3) is 0 Å². The van der Waals surface area contributed by atoms with E-state index in [0.29, 0.717) is 6.54 Å². The number of nitrogens with two attached hydrogens (primary N) is 1. The van der Waals surface area contributed by atoms with E-state index in [9.17, 15) is 4.79 Å². The quantitative estimate of drug-likeness (QED) is 0.503. The monoisotopic (exact) mass is 156 g/mol. The van der Waals surface area contributed by atoms with Crippen LogP contribution >= 0.6 is 0 Å². The molecule has 0 aliphatic carbocycles. The van der Waals surface area contributed by atoms with Gasteiger partial charge >= 0.3 is 0 Å². The fraction of sp³-hybridized carbons (Fsp3) is 0.286. The Morgan fingerprint density at radius 2 is 2.18 bits per heavy atom. The molecule has 0 saturated heterocycles. The van der Waals surface area contributed by atoms with Crippen molar-refractivity contribution in [2.75, 3.05) is 13.2 Å². The molecule has 0 fully saturated rings. The Morgan fingerprint density at radius 3 is 2.36 bits per heavy atom. The number of aromatic nitrogens is 1. The minimum Gasteiger partial charge on any atom is -0.395 e. The van der Waals surface area contributed by atoms with Crippen molar-refractivity contribution in [2.45, 2.75) is 0 Å². The van der Waals surface area contributed by atoms with Gasteiger partial charge in [-0.25, -0.2) is 0 Å². The summed E-state index contributed by atoms with van der Waals surface area (Å²) < 4.78 is 0. The molecule has 0 amide bonds. The molecule has 0 aliphatic heterocycles. The highest BCUT2D eigenvalue weighted by Gasteiger charge is 1.69. The van der Waals surface area contributed by atoms with Crippen molar-refractivity contribution >= 4 is 0 Å². The van der Waals surface area contributed by atoms with E-state index in [2.05, 4.69) is 4.98 Å². The molecule has 1 aromatic rings. The van der Waals surface area contributed by atoms with Crippen molar-refractivity contribution in [3.63, 3.8) is 0 Å². The number of hydrogen-bond acceptors (Lipinski definition) is 3. The van der Waals surface area contributed by atoms with Gasteiger partial charge in [-0.15, -0.1) is 0 Å². The zero-order valence-corrected chi connectivity index (χ0v) is 6.16. The number of nitrogens with one attached hydrogen (secondary N) is 1. The second-order valence-corrected chi connectivity index (χ2v) is 1.74. The number of pyridine rings is 1. The molecule has 1 aromatic heterocycles. The number of H-pyrrole nitrogens is 1. The molecular formula is C7H12N2O2. The largest absolute Gasteiger partial charge is 0.395 e. The molecule has 4 heteroatoms. The first-order valence-corrected chi connectivity index (χ1v) is 3.26. The summed E-state index contributed by atoms with van der Waals surface area (Å²) in [6.07, 6.45) is 1.60. The van der Waals surface area contributed by atoms with E-state index in [1.165, 1.54) is 6.07 Å². The van der Waals surface area contributed by atoms with Crippen LogP contribution in [0.5, 0.6) is 0 Å². The minimum atomic E-state index is -0.0532. The number of rotatable bonds is 1. The zero-order chi connectivity index (χ0) is 8.53. The summed E-state index contributed by atoms with van der Waals surface area (Å²) in [6, 6.07) is 4.93. The number of aliphatic hydroxyl groups is 1. The smallest absolute Gasteiger partial charge is 0.247 e. The Kier molecular flexibility index (Phi) is 6.27. The maximum atomic E-state index is 10.2. The summed E-state index contributed by atoms with van der Waals surface area (Å²) in [5, 5.41) is 7.75. The fourth-order valence-electron chi connectivity index (χ4n) is 0.377. The van der Waals surface area contributed by atoms with E-state index >= 15 is 0 Å². The molecule has 4 N–H and O–H groups in total. The highest BCUT2D eigenvalue weighted by Crippen LogP contribution is 1.67. The molecule has 0 aromatic carbocycles. The normalized spacial score (nSPS) is 8.18. The molecule has 0 saturated carbocycles. The van der Waals surface area contributed by atoms with Gasteiger partial charge in [-0.3, -0.25) is 4.79 Å².